The van der Waals surface area contributed by atoms with Crippen molar-refractivity contribution in [3.05, 3.63) is 82.2 Å². The van der Waals surface area contributed by atoms with Crippen LogP contribution in [0, 0.1) is 16.2 Å². The molecule has 0 radical (unpaired) electrons. The highest BCUT2D eigenvalue weighted by Crippen LogP contribution is 2.39. The normalized spacial score (nSPS) is 14.5. The predicted molar refractivity (Wildman–Crippen MR) is 185 cm³/mol. The zero-order chi connectivity index (χ0) is 36.3. The van der Waals surface area contributed by atoms with Gasteiger partial charge in [0.25, 0.3) is 0 Å². The van der Waals surface area contributed by atoms with E-state index in [1.54, 1.807) is 90.4 Å². The van der Waals surface area contributed by atoms with Crippen molar-refractivity contribution in [3.63, 3.8) is 0 Å². The van der Waals surface area contributed by atoms with Gasteiger partial charge in [-0.2, -0.15) is 26.3 Å². The molecule has 9 heteroatoms. The summed E-state index contributed by atoms with van der Waals surface area (Å²) >= 11 is 0. The molecule has 0 aliphatic heterocycles. The largest absolute Gasteiger partial charge is 0.392 e. The summed E-state index contributed by atoms with van der Waals surface area (Å²) in [4.78, 5) is 13.9. The van der Waals surface area contributed by atoms with Crippen molar-refractivity contribution in [3.8, 4) is 22.8 Å². The van der Waals surface area contributed by atoms with Crippen LogP contribution in [-0.2, 0) is 0 Å². The Morgan fingerprint density at radius 3 is 1.17 bits per heavy atom. The van der Waals surface area contributed by atoms with Gasteiger partial charge in [0.1, 0.15) is 0 Å². The van der Waals surface area contributed by atoms with Crippen LogP contribution in [0.3, 0.4) is 0 Å². The molecule has 3 aromatic rings. The summed E-state index contributed by atoms with van der Waals surface area (Å²) in [5, 5.41) is 0. The second-order valence-electron chi connectivity index (χ2n) is 15.3. The van der Waals surface area contributed by atoms with Crippen molar-refractivity contribution in [2.24, 2.45) is 16.2 Å². The van der Waals surface area contributed by atoms with E-state index in [1.807, 2.05) is 12.1 Å². The maximum Gasteiger partial charge on any atom is 0.392 e. The van der Waals surface area contributed by atoms with Crippen LogP contribution >= 0.6 is 0 Å². The number of pyridine rings is 3. The fraction of sp³-hybridized carbons (Fsp3) is 0.462. The van der Waals surface area contributed by atoms with Gasteiger partial charge in [0.2, 0.25) is 0 Å². The minimum absolute atomic E-state index is 0.117. The third-order valence-electron chi connectivity index (χ3n) is 8.02. The number of hydrogen-bond acceptors (Lipinski definition) is 3. The Morgan fingerprint density at radius 1 is 0.521 bits per heavy atom. The fourth-order valence-electron chi connectivity index (χ4n) is 5.20. The smallest absolute Gasteiger partial charge is 0.255 e. The summed E-state index contributed by atoms with van der Waals surface area (Å²) in [6, 6.07) is 10.5. The number of nitrogens with zero attached hydrogens (tertiary/aromatic N) is 3. The van der Waals surface area contributed by atoms with Crippen LogP contribution < -0.4 is 0 Å². The van der Waals surface area contributed by atoms with Crippen molar-refractivity contribution >= 4 is 18.2 Å². The number of allylic oxidation sites excluding steroid dienone is 3. The highest BCUT2D eigenvalue weighted by atomic mass is 19.4. The van der Waals surface area contributed by atoms with Crippen LogP contribution in [-0.4, -0.2) is 27.3 Å². The van der Waals surface area contributed by atoms with Crippen LogP contribution in [0.25, 0.3) is 41.0 Å². The first kappa shape index (κ1) is 38.7. The van der Waals surface area contributed by atoms with E-state index >= 15 is 0 Å². The monoisotopic (exact) mass is 671 g/mol. The Hall–Kier alpha value is -3.75. The van der Waals surface area contributed by atoms with Gasteiger partial charge in [0.15, 0.2) is 0 Å². The molecule has 0 amide bonds. The quantitative estimate of drug-likeness (QED) is 0.224. The summed E-state index contributed by atoms with van der Waals surface area (Å²) in [7, 11) is 0. The molecule has 3 rings (SSSR count). The standard InChI is InChI=1S/C39H47F6N3/c1-11-28(35(2,3)4)18-27-21-33(31-19-25(12-14-46-31)16-29(36(5,6)7)23-38(40,41)42)48-34(22-27)32-20-26(13-15-47-32)17-30(37(8,9)10)24-39(43,44)45/h12-22H,11,23-24H2,1-10H3/b28-18+,29-16+,30-17+. The zero-order valence-electron chi connectivity index (χ0n) is 29.6. The first-order chi connectivity index (χ1) is 21.8. The van der Waals surface area contributed by atoms with Gasteiger partial charge in [0, 0.05) is 12.4 Å². The van der Waals surface area contributed by atoms with E-state index in [9.17, 15) is 26.3 Å². The first-order valence-corrected chi connectivity index (χ1v) is 16.1. The van der Waals surface area contributed by atoms with Crippen molar-refractivity contribution < 1.29 is 26.3 Å². The molecule has 0 saturated heterocycles. The summed E-state index contributed by atoms with van der Waals surface area (Å²) < 4.78 is 80.7. The second kappa shape index (κ2) is 14.4. The van der Waals surface area contributed by atoms with Gasteiger partial charge in [-0.3, -0.25) is 9.97 Å². The van der Waals surface area contributed by atoms with Gasteiger partial charge in [-0.15, -0.1) is 0 Å². The minimum atomic E-state index is -4.35. The van der Waals surface area contributed by atoms with Crippen LogP contribution in [0.1, 0.15) is 105 Å². The van der Waals surface area contributed by atoms with E-state index < -0.39 is 36.0 Å². The first-order valence-electron chi connectivity index (χ1n) is 16.1. The summed E-state index contributed by atoms with van der Waals surface area (Å²) in [5.41, 5.74) is 3.98. The number of aromatic nitrogens is 3. The molecule has 0 aromatic carbocycles. The molecule has 0 spiro atoms. The van der Waals surface area contributed by atoms with Gasteiger partial charge in [-0.25, -0.2) is 4.98 Å². The highest BCUT2D eigenvalue weighted by Gasteiger charge is 2.34. The maximum atomic E-state index is 13.5. The molecule has 48 heavy (non-hydrogen) atoms. The lowest BCUT2D eigenvalue weighted by Crippen LogP contribution is -2.17. The predicted octanol–water partition coefficient (Wildman–Crippen LogP) is 12.8. The molecule has 0 unspecified atom stereocenters. The van der Waals surface area contributed by atoms with Gasteiger partial charge in [-0.1, -0.05) is 104 Å². The third kappa shape index (κ3) is 11.7. The molecule has 3 heterocycles. The van der Waals surface area contributed by atoms with E-state index in [2.05, 4.69) is 43.7 Å². The number of rotatable bonds is 8. The van der Waals surface area contributed by atoms with Crippen molar-refractivity contribution in [2.75, 3.05) is 0 Å². The number of halogens is 6. The van der Waals surface area contributed by atoms with Gasteiger partial charge in [0.05, 0.1) is 35.6 Å². The average Bonchev–Trinajstić information content (AvgIpc) is 2.92. The summed E-state index contributed by atoms with van der Waals surface area (Å²) in [6.07, 6.45) is -1.66. The molecule has 0 atom stereocenters. The Morgan fingerprint density at radius 2 is 0.854 bits per heavy atom. The molecule has 0 N–H and O–H groups in total. The van der Waals surface area contributed by atoms with Crippen molar-refractivity contribution in [2.45, 2.75) is 101 Å². The lowest BCUT2D eigenvalue weighted by atomic mass is 9.83. The second-order valence-corrected chi connectivity index (χ2v) is 15.3. The van der Waals surface area contributed by atoms with Crippen LogP contribution in [0.15, 0.2) is 65.5 Å². The van der Waals surface area contributed by atoms with Crippen LogP contribution in [0.4, 0.5) is 26.3 Å². The molecule has 0 aliphatic rings. The van der Waals surface area contributed by atoms with Crippen LogP contribution in [0.2, 0.25) is 0 Å². The van der Waals surface area contributed by atoms with E-state index in [0.717, 1.165) is 12.0 Å². The molecule has 3 aromatic heterocycles. The van der Waals surface area contributed by atoms with Gasteiger partial charge < -0.3 is 0 Å². The zero-order valence-corrected chi connectivity index (χ0v) is 29.6. The van der Waals surface area contributed by atoms with Crippen molar-refractivity contribution in [1.82, 2.24) is 15.0 Å². The Bertz CT molecular complexity index is 1570. The van der Waals surface area contributed by atoms with E-state index in [1.165, 1.54) is 5.57 Å². The van der Waals surface area contributed by atoms with Crippen LogP contribution in [0.5, 0.6) is 0 Å². The summed E-state index contributed by atoms with van der Waals surface area (Å²) in [5.74, 6) is 0. The lowest BCUT2D eigenvalue weighted by Gasteiger charge is -2.24. The lowest BCUT2D eigenvalue weighted by molar-refractivity contribution is -0.130. The summed E-state index contributed by atoms with van der Waals surface area (Å²) in [6.45, 7) is 19.0. The molecule has 260 valence electrons. The molecular formula is C39H47F6N3. The number of hydrogen-bond donors (Lipinski definition) is 0. The molecular weight excluding hydrogens is 624 g/mol. The Kier molecular flexibility index (Phi) is 11.6. The molecule has 0 saturated carbocycles. The Balaban J connectivity index is 2.25. The van der Waals surface area contributed by atoms with Gasteiger partial charge >= 0.3 is 12.4 Å². The minimum Gasteiger partial charge on any atom is -0.255 e. The van der Waals surface area contributed by atoms with E-state index in [0.29, 0.717) is 33.9 Å². The maximum absolute atomic E-state index is 13.5. The third-order valence-corrected chi connectivity index (χ3v) is 8.02. The SMILES string of the molecule is CC/C(=C\c1cc(-c2cc(/C=C(\CC(F)(F)F)C(C)(C)C)ccn2)nc(-c2cc(/C=C(\CC(F)(F)F)C(C)(C)C)ccn2)c1)C(C)(C)C. The molecule has 0 fully saturated rings. The average molecular weight is 672 g/mol. The van der Waals surface area contributed by atoms with Gasteiger partial charge in [-0.05, 0) is 75.8 Å². The molecule has 3 nitrogen and oxygen atoms in total. The Labute approximate surface area is 281 Å². The molecule has 0 aliphatic carbocycles. The van der Waals surface area contributed by atoms with Crippen molar-refractivity contribution in [1.29, 1.82) is 0 Å². The number of alkyl halides is 6. The molecule has 0 bridgehead atoms. The van der Waals surface area contributed by atoms with E-state index in [-0.39, 0.29) is 16.6 Å². The van der Waals surface area contributed by atoms with E-state index in [4.69, 9.17) is 4.98 Å². The topological polar surface area (TPSA) is 38.7 Å². The highest BCUT2D eigenvalue weighted by molar-refractivity contribution is 5.72. The fourth-order valence-corrected chi connectivity index (χ4v) is 5.20.